The van der Waals surface area contributed by atoms with E-state index in [1.807, 2.05) is 0 Å². The van der Waals surface area contributed by atoms with Crippen molar-refractivity contribution in [3.63, 3.8) is 0 Å². The van der Waals surface area contributed by atoms with Gasteiger partial charge in [0.05, 0.1) is 17.8 Å². The first kappa shape index (κ1) is 15.2. The maximum Gasteiger partial charge on any atom is 0.276 e. The Bertz CT molecular complexity index is 660. The number of carbonyl (C=O) groups excluding carboxylic acids is 1. The minimum absolute atomic E-state index is 0.0236. The van der Waals surface area contributed by atoms with Gasteiger partial charge in [0.2, 0.25) is 0 Å². The molecule has 6 N–H and O–H groups in total. The fraction of sp³-hybridized carbons (Fsp3) is 0.500. The number of nitrogens with two attached hydrogens (primary N) is 1. The molecule has 22 heavy (non-hydrogen) atoms. The molecule has 10 heteroatoms. The predicted molar refractivity (Wildman–Crippen MR) is 80.1 cm³/mol. The number of hydrogen-bond acceptors (Lipinski definition) is 8. The maximum atomic E-state index is 11.9. The first-order valence-corrected chi connectivity index (χ1v) is 7.82. The molecule has 1 unspecified atom stereocenters. The van der Waals surface area contributed by atoms with E-state index >= 15 is 0 Å². The van der Waals surface area contributed by atoms with Crippen LogP contribution in [0.2, 0.25) is 0 Å². The number of imidazole rings is 1. The summed E-state index contributed by atoms with van der Waals surface area (Å²) in [5, 5.41) is 25.0. The molecule has 2 aliphatic rings. The number of carbonyl (C=O) groups is 1. The molecule has 0 saturated heterocycles. The molecule has 1 amide bonds. The molecule has 0 spiro atoms. The largest absolute Gasteiger partial charge is 0.508 e. The van der Waals surface area contributed by atoms with Crippen LogP contribution in [-0.4, -0.2) is 50.9 Å². The van der Waals surface area contributed by atoms with E-state index in [2.05, 4.69) is 15.6 Å². The Morgan fingerprint density at radius 1 is 1.59 bits per heavy atom. The molecule has 120 valence electrons. The first-order chi connectivity index (χ1) is 10.4. The van der Waals surface area contributed by atoms with Crippen LogP contribution in [0.4, 0.5) is 5.82 Å². The highest BCUT2D eigenvalue weighted by Gasteiger charge is 2.47. The van der Waals surface area contributed by atoms with Crippen LogP contribution in [0.25, 0.3) is 0 Å². The van der Waals surface area contributed by atoms with Gasteiger partial charge in [0, 0.05) is 0 Å². The SMILES string of the molecule is CSC1=C(O)[C@@H](CO)O[C@@]1(C)n1cnc2c1NC(N)NC2=O. The second-order valence-electron chi connectivity index (χ2n) is 5.10. The van der Waals surface area contributed by atoms with E-state index in [9.17, 15) is 15.0 Å². The third kappa shape index (κ3) is 1.99. The summed E-state index contributed by atoms with van der Waals surface area (Å²) in [4.78, 5) is 16.5. The first-order valence-electron chi connectivity index (χ1n) is 6.59. The van der Waals surface area contributed by atoms with Gasteiger partial charge in [0.1, 0.15) is 17.7 Å². The zero-order valence-electron chi connectivity index (χ0n) is 12.0. The average Bonchev–Trinajstić information content (AvgIpc) is 2.99. The Morgan fingerprint density at radius 2 is 2.32 bits per heavy atom. The van der Waals surface area contributed by atoms with Crippen LogP contribution in [0.1, 0.15) is 17.4 Å². The number of amides is 1. The number of aromatic nitrogens is 2. The molecule has 2 aliphatic heterocycles. The van der Waals surface area contributed by atoms with E-state index in [4.69, 9.17) is 10.5 Å². The summed E-state index contributed by atoms with van der Waals surface area (Å²) in [6, 6.07) is 0. The van der Waals surface area contributed by atoms with Crippen molar-refractivity contribution < 1.29 is 19.7 Å². The van der Waals surface area contributed by atoms with Gasteiger partial charge in [-0.25, -0.2) is 4.98 Å². The number of nitrogens with zero attached hydrogens (tertiary/aromatic N) is 2. The van der Waals surface area contributed by atoms with E-state index in [0.29, 0.717) is 10.7 Å². The van der Waals surface area contributed by atoms with Gasteiger partial charge in [-0.15, -0.1) is 11.8 Å². The second-order valence-corrected chi connectivity index (χ2v) is 5.91. The Balaban J connectivity index is 2.10. The van der Waals surface area contributed by atoms with Crippen LogP contribution >= 0.6 is 11.8 Å². The average molecular weight is 327 g/mol. The molecule has 0 bridgehead atoms. The summed E-state index contributed by atoms with van der Waals surface area (Å²) in [5.41, 5.74) is 4.82. The van der Waals surface area contributed by atoms with Crippen molar-refractivity contribution in [3.8, 4) is 0 Å². The lowest BCUT2D eigenvalue weighted by Gasteiger charge is -2.32. The van der Waals surface area contributed by atoms with E-state index < -0.39 is 18.1 Å². The smallest absolute Gasteiger partial charge is 0.276 e. The van der Waals surface area contributed by atoms with Gasteiger partial charge in [-0.3, -0.25) is 15.1 Å². The van der Waals surface area contributed by atoms with Gasteiger partial charge in [-0.05, 0) is 13.2 Å². The summed E-state index contributed by atoms with van der Waals surface area (Å²) >= 11 is 1.30. The minimum Gasteiger partial charge on any atom is -0.508 e. The molecule has 0 saturated carbocycles. The summed E-state index contributed by atoms with van der Waals surface area (Å²) in [5.74, 6) is -0.0135. The number of hydrogen-bond donors (Lipinski definition) is 5. The summed E-state index contributed by atoms with van der Waals surface area (Å²) in [7, 11) is 0. The fourth-order valence-electron chi connectivity index (χ4n) is 2.72. The van der Waals surface area contributed by atoms with E-state index in [0.717, 1.165) is 0 Å². The molecule has 1 aromatic rings. The molecule has 0 aromatic carbocycles. The topological polar surface area (TPSA) is 135 Å². The number of aliphatic hydroxyl groups excluding tert-OH is 2. The standard InChI is InChI=1S/C12H17N5O4S/c1-12(8(22-2)7(19)5(3-18)21-12)17-4-14-6-9(17)15-11(13)16-10(6)20/h4-5,11,15,18-19H,3,13H2,1-2H3,(H,16,20)/t5-,11?,12-/m1/s1. The number of nitrogens with one attached hydrogen (secondary N) is 2. The molecule has 0 radical (unpaired) electrons. The summed E-state index contributed by atoms with van der Waals surface area (Å²) in [6.45, 7) is 1.38. The Labute approximate surface area is 130 Å². The molecule has 3 rings (SSSR count). The number of rotatable bonds is 3. The number of fused-ring (bicyclic) bond motifs is 1. The minimum atomic E-state index is -1.10. The number of ether oxygens (including phenoxy) is 1. The number of anilines is 1. The lowest BCUT2D eigenvalue weighted by Crippen LogP contribution is -2.52. The zero-order chi connectivity index (χ0) is 16.1. The summed E-state index contributed by atoms with van der Waals surface area (Å²) in [6.07, 6.45) is 1.67. The van der Waals surface area contributed by atoms with Crippen molar-refractivity contribution in [1.29, 1.82) is 0 Å². The number of thioether (sulfide) groups is 1. The second kappa shape index (κ2) is 5.16. The lowest BCUT2D eigenvalue weighted by molar-refractivity contribution is -0.0896. The molecule has 3 atom stereocenters. The highest BCUT2D eigenvalue weighted by molar-refractivity contribution is 8.02. The van der Waals surface area contributed by atoms with Crippen LogP contribution in [0, 0.1) is 0 Å². The third-order valence-electron chi connectivity index (χ3n) is 3.72. The third-order valence-corrected chi connectivity index (χ3v) is 4.72. The number of aliphatic hydroxyl groups is 2. The van der Waals surface area contributed by atoms with Crippen molar-refractivity contribution >= 4 is 23.5 Å². The lowest BCUT2D eigenvalue weighted by atomic mass is 10.2. The molecule has 1 aromatic heterocycles. The molecule has 0 fully saturated rings. The Kier molecular flexibility index (Phi) is 3.56. The maximum absolute atomic E-state index is 11.9. The van der Waals surface area contributed by atoms with Crippen molar-refractivity contribution in [1.82, 2.24) is 14.9 Å². The van der Waals surface area contributed by atoms with Crippen molar-refractivity contribution in [3.05, 3.63) is 22.7 Å². The van der Waals surface area contributed by atoms with Crippen molar-refractivity contribution in [2.75, 3.05) is 18.2 Å². The Morgan fingerprint density at radius 3 is 2.95 bits per heavy atom. The van der Waals surface area contributed by atoms with Crippen molar-refractivity contribution in [2.24, 2.45) is 5.73 Å². The fourth-order valence-corrected chi connectivity index (χ4v) is 3.59. The van der Waals surface area contributed by atoms with Crippen LogP contribution in [0.3, 0.4) is 0 Å². The molecule has 0 aliphatic carbocycles. The highest BCUT2D eigenvalue weighted by Crippen LogP contribution is 2.45. The van der Waals surface area contributed by atoms with Crippen LogP contribution < -0.4 is 16.4 Å². The molecule has 9 nitrogen and oxygen atoms in total. The Hall–Kier alpha value is -1.75. The van der Waals surface area contributed by atoms with Gasteiger partial charge in [0.25, 0.3) is 5.91 Å². The van der Waals surface area contributed by atoms with E-state index in [-0.39, 0.29) is 24.0 Å². The van der Waals surface area contributed by atoms with Gasteiger partial charge in [-0.1, -0.05) is 0 Å². The van der Waals surface area contributed by atoms with Gasteiger partial charge in [-0.2, -0.15) is 0 Å². The molecular formula is C12H17N5O4S. The van der Waals surface area contributed by atoms with E-state index in [1.165, 1.54) is 18.1 Å². The quantitative estimate of drug-likeness (QED) is 0.500. The summed E-state index contributed by atoms with van der Waals surface area (Å²) < 4.78 is 7.41. The van der Waals surface area contributed by atoms with Crippen molar-refractivity contribution in [2.45, 2.75) is 25.0 Å². The zero-order valence-corrected chi connectivity index (χ0v) is 12.8. The van der Waals surface area contributed by atoms with Crippen LogP contribution in [0.5, 0.6) is 0 Å². The monoisotopic (exact) mass is 327 g/mol. The van der Waals surface area contributed by atoms with Gasteiger partial charge >= 0.3 is 0 Å². The van der Waals surface area contributed by atoms with Gasteiger partial charge in [0.15, 0.2) is 17.7 Å². The van der Waals surface area contributed by atoms with Crippen LogP contribution in [0.15, 0.2) is 17.0 Å². The van der Waals surface area contributed by atoms with E-state index in [1.54, 1.807) is 17.7 Å². The highest BCUT2D eigenvalue weighted by atomic mass is 32.2. The molecule has 3 heterocycles. The van der Waals surface area contributed by atoms with Gasteiger partial charge < -0.3 is 25.6 Å². The molecular weight excluding hydrogens is 310 g/mol. The van der Waals surface area contributed by atoms with Crippen LogP contribution in [-0.2, 0) is 10.5 Å². The predicted octanol–water partition coefficient (Wildman–Crippen LogP) is -0.523. The normalized spacial score (nSPS) is 31.0.